The van der Waals surface area contributed by atoms with E-state index in [9.17, 15) is 14.7 Å². The Kier molecular flexibility index (Phi) is 5.65. The Morgan fingerprint density at radius 2 is 1.67 bits per heavy atom. The van der Waals surface area contributed by atoms with Crippen LogP contribution in [-0.2, 0) is 19.5 Å². The van der Waals surface area contributed by atoms with Crippen LogP contribution in [0.15, 0.2) is 60.7 Å². The summed E-state index contributed by atoms with van der Waals surface area (Å²) in [6.45, 7) is 3.84. The molecule has 182 valence electrons. The summed E-state index contributed by atoms with van der Waals surface area (Å²) in [5.74, 6) is -0.293. The molecule has 3 heterocycles. The maximum atomic E-state index is 13.5. The number of carbonyl (C=O) groups is 2. The van der Waals surface area contributed by atoms with Gasteiger partial charge in [0.25, 0.3) is 11.8 Å². The zero-order chi connectivity index (χ0) is 24.6. The number of phenols is 1. The third-order valence-corrected chi connectivity index (χ3v) is 7.07. The van der Waals surface area contributed by atoms with Crippen LogP contribution in [0.3, 0.4) is 0 Å². The van der Waals surface area contributed by atoms with Crippen molar-refractivity contribution in [1.82, 2.24) is 25.3 Å². The number of nitrogens with one attached hydrogen (secondary N) is 2. The molecule has 0 saturated carbocycles. The number of nitrogens with zero attached hydrogens (tertiary/aromatic N) is 3. The highest BCUT2D eigenvalue weighted by Crippen LogP contribution is 2.31. The fraction of sp³-hybridized carbons (Fsp3) is 0.250. The third kappa shape index (κ3) is 4.09. The first-order chi connectivity index (χ1) is 17.6. The fourth-order valence-electron chi connectivity index (χ4n) is 5.09. The number of hydrogen-bond donors (Lipinski definition) is 3. The molecule has 2 amide bonds. The number of amides is 2. The molecule has 1 fully saturated rings. The number of aromatic hydroxyl groups is 1. The van der Waals surface area contributed by atoms with Gasteiger partial charge in [0.2, 0.25) is 0 Å². The fourth-order valence-corrected chi connectivity index (χ4v) is 5.09. The highest BCUT2D eigenvalue weighted by Gasteiger charge is 2.28. The Bertz CT molecular complexity index is 1460. The maximum Gasteiger partial charge on any atom is 0.258 e. The quantitative estimate of drug-likeness (QED) is 0.416. The molecule has 1 saturated heterocycles. The molecule has 2 aliphatic rings. The van der Waals surface area contributed by atoms with Gasteiger partial charge in [-0.25, -0.2) is 0 Å². The molecule has 1 aromatic heterocycles. The molecule has 8 heteroatoms. The molecule has 8 nitrogen and oxygen atoms in total. The first-order valence-corrected chi connectivity index (χ1v) is 12.2. The minimum absolute atomic E-state index is 0.0260. The average molecular weight is 482 g/mol. The zero-order valence-corrected chi connectivity index (χ0v) is 19.8. The lowest BCUT2D eigenvalue weighted by Gasteiger charge is -2.27. The van der Waals surface area contributed by atoms with Crippen molar-refractivity contribution in [2.24, 2.45) is 0 Å². The minimum Gasteiger partial charge on any atom is -0.507 e. The van der Waals surface area contributed by atoms with Crippen molar-refractivity contribution in [1.29, 1.82) is 0 Å². The van der Waals surface area contributed by atoms with Crippen LogP contribution >= 0.6 is 0 Å². The minimum atomic E-state index is -0.243. The van der Waals surface area contributed by atoms with Gasteiger partial charge < -0.3 is 20.2 Å². The topological polar surface area (TPSA) is 102 Å². The standard InChI is InChI=1S/C28H27N5O3/c34-26-15-25-22(24(30-31-25)12-18-4-2-1-3-5-18)14-23(26)28(36)33-16-20-7-6-19(13-21(20)17-33)27(35)32-10-8-29-9-11-32/h1-7,13-15,29,34H,8-12,16-17H2,(H,30,31). The van der Waals surface area contributed by atoms with Crippen LogP contribution in [0.4, 0.5) is 0 Å². The number of hydrogen-bond acceptors (Lipinski definition) is 5. The smallest absolute Gasteiger partial charge is 0.258 e. The number of benzene rings is 3. The van der Waals surface area contributed by atoms with E-state index in [-0.39, 0.29) is 23.1 Å². The second-order valence-corrected chi connectivity index (χ2v) is 9.43. The van der Waals surface area contributed by atoms with E-state index in [1.807, 2.05) is 53.4 Å². The Hall–Kier alpha value is -4.17. The van der Waals surface area contributed by atoms with Crippen LogP contribution in [0.1, 0.15) is 43.1 Å². The molecule has 4 aromatic rings. The number of phenolic OH excluding ortho intramolecular Hbond substituents is 1. The summed E-state index contributed by atoms with van der Waals surface area (Å²) in [6, 6.07) is 19.0. The average Bonchev–Trinajstić information content (AvgIpc) is 3.52. The summed E-state index contributed by atoms with van der Waals surface area (Å²) in [5, 5.41) is 22.1. The molecule has 6 rings (SSSR count). The van der Waals surface area contributed by atoms with Gasteiger partial charge in [0.1, 0.15) is 5.75 Å². The second kappa shape index (κ2) is 9.13. The first-order valence-electron chi connectivity index (χ1n) is 12.2. The number of aromatic amines is 1. The largest absolute Gasteiger partial charge is 0.507 e. The molecule has 36 heavy (non-hydrogen) atoms. The summed E-state index contributed by atoms with van der Waals surface area (Å²) in [7, 11) is 0. The van der Waals surface area contributed by atoms with E-state index < -0.39 is 0 Å². The van der Waals surface area contributed by atoms with E-state index in [1.54, 1.807) is 17.0 Å². The molecule has 0 aliphatic carbocycles. The molecule has 3 N–H and O–H groups in total. The third-order valence-electron chi connectivity index (χ3n) is 7.07. The Morgan fingerprint density at radius 3 is 2.47 bits per heavy atom. The molecule has 0 atom stereocenters. The Labute approximate surface area is 208 Å². The number of carbonyl (C=O) groups excluding carboxylic acids is 2. The number of piperazine rings is 1. The van der Waals surface area contributed by atoms with E-state index in [4.69, 9.17) is 0 Å². The number of rotatable bonds is 4. The van der Waals surface area contributed by atoms with Gasteiger partial charge >= 0.3 is 0 Å². The van der Waals surface area contributed by atoms with E-state index in [0.717, 1.165) is 40.9 Å². The summed E-state index contributed by atoms with van der Waals surface area (Å²) >= 11 is 0. The van der Waals surface area contributed by atoms with Gasteiger partial charge in [0.05, 0.1) is 16.8 Å². The molecular weight excluding hydrogens is 454 g/mol. The zero-order valence-electron chi connectivity index (χ0n) is 19.8. The summed E-state index contributed by atoms with van der Waals surface area (Å²) in [6.07, 6.45) is 0.623. The van der Waals surface area contributed by atoms with Crippen molar-refractivity contribution in [3.63, 3.8) is 0 Å². The molecule has 0 spiro atoms. The molecule has 0 bridgehead atoms. The van der Waals surface area contributed by atoms with Crippen LogP contribution in [-0.4, -0.2) is 63.1 Å². The van der Waals surface area contributed by atoms with E-state index in [1.165, 1.54) is 0 Å². The van der Waals surface area contributed by atoms with Crippen molar-refractivity contribution in [2.45, 2.75) is 19.5 Å². The van der Waals surface area contributed by atoms with Crippen molar-refractivity contribution < 1.29 is 14.7 Å². The van der Waals surface area contributed by atoms with Gasteiger partial charge in [-0.2, -0.15) is 5.10 Å². The molecular formula is C28H27N5O3. The second-order valence-electron chi connectivity index (χ2n) is 9.43. The van der Waals surface area contributed by atoms with Crippen LogP contribution in [0, 0.1) is 0 Å². The Balaban J connectivity index is 1.23. The number of fused-ring (bicyclic) bond motifs is 2. The summed E-state index contributed by atoms with van der Waals surface area (Å²) in [4.78, 5) is 30.0. The van der Waals surface area contributed by atoms with E-state index >= 15 is 0 Å². The maximum absolute atomic E-state index is 13.5. The molecule has 3 aromatic carbocycles. The van der Waals surface area contributed by atoms with Crippen LogP contribution in [0.25, 0.3) is 10.9 Å². The van der Waals surface area contributed by atoms with Gasteiger partial charge in [-0.3, -0.25) is 14.7 Å². The predicted octanol–water partition coefficient (Wildman–Crippen LogP) is 3.06. The van der Waals surface area contributed by atoms with E-state index in [2.05, 4.69) is 15.5 Å². The summed E-state index contributed by atoms with van der Waals surface area (Å²) < 4.78 is 0. The van der Waals surface area contributed by atoms with Crippen molar-refractivity contribution in [2.75, 3.05) is 26.2 Å². The van der Waals surface area contributed by atoms with Gasteiger partial charge in [0.15, 0.2) is 0 Å². The number of H-pyrrole nitrogens is 1. The molecule has 2 aliphatic heterocycles. The van der Waals surface area contributed by atoms with Crippen molar-refractivity contribution >= 4 is 22.7 Å². The lowest BCUT2D eigenvalue weighted by molar-refractivity contribution is 0.0734. The molecule has 0 unspecified atom stereocenters. The lowest BCUT2D eigenvalue weighted by atomic mass is 10.0. The predicted molar refractivity (Wildman–Crippen MR) is 136 cm³/mol. The highest BCUT2D eigenvalue weighted by molar-refractivity contribution is 6.01. The van der Waals surface area contributed by atoms with Crippen molar-refractivity contribution in [3.05, 3.63) is 94.2 Å². The first kappa shape index (κ1) is 22.3. The lowest BCUT2D eigenvalue weighted by Crippen LogP contribution is -2.46. The SMILES string of the molecule is O=C(c1ccc2c(c1)CN(C(=O)c1cc3c(Cc4ccccc4)n[nH]c3cc1O)C2)N1CCNCC1. The monoisotopic (exact) mass is 481 g/mol. The van der Waals surface area contributed by atoms with Gasteiger partial charge in [-0.05, 0) is 34.9 Å². The van der Waals surface area contributed by atoms with Gasteiger partial charge in [0, 0.05) is 62.7 Å². The van der Waals surface area contributed by atoms with Crippen LogP contribution in [0.5, 0.6) is 5.75 Å². The van der Waals surface area contributed by atoms with Crippen LogP contribution < -0.4 is 5.32 Å². The normalized spacial score (nSPS) is 15.3. The van der Waals surface area contributed by atoms with Gasteiger partial charge in [-0.1, -0.05) is 36.4 Å². The molecule has 0 radical (unpaired) electrons. The highest BCUT2D eigenvalue weighted by atomic mass is 16.3. The Morgan fingerprint density at radius 1 is 0.889 bits per heavy atom. The van der Waals surface area contributed by atoms with Gasteiger partial charge in [-0.15, -0.1) is 0 Å². The van der Waals surface area contributed by atoms with Crippen LogP contribution in [0.2, 0.25) is 0 Å². The number of aromatic nitrogens is 2. The van der Waals surface area contributed by atoms with Crippen molar-refractivity contribution in [3.8, 4) is 5.75 Å². The van der Waals surface area contributed by atoms with E-state index in [0.29, 0.717) is 43.7 Å². The summed E-state index contributed by atoms with van der Waals surface area (Å²) in [5.41, 5.74) is 5.53.